The molecule has 0 N–H and O–H groups in total. The zero-order valence-corrected chi connectivity index (χ0v) is 8.82. The van der Waals surface area contributed by atoms with Gasteiger partial charge in [0.25, 0.3) is 0 Å². The first-order valence-electron chi connectivity index (χ1n) is 4.31. The second-order valence-electron chi connectivity index (χ2n) is 3.03. The standard InChI is InChI=1S/C9H12FN3O2/c1-6-8(10)9(12-5-11-6)13(2)4-7(14)15-3/h5H,4H2,1-3H3. The maximum absolute atomic E-state index is 13.5. The van der Waals surface area contributed by atoms with Crippen molar-refractivity contribution in [2.45, 2.75) is 6.92 Å². The van der Waals surface area contributed by atoms with Crippen molar-refractivity contribution in [2.75, 3.05) is 25.6 Å². The SMILES string of the molecule is COC(=O)CN(C)c1ncnc(C)c1F. The lowest BCUT2D eigenvalue weighted by Crippen LogP contribution is -2.28. The molecule has 0 aliphatic heterocycles. The Morgan fingerprint density at radius 3 is 2.87 bits per heavy atom. The van der Waals surface area contributed by atoms with E-state index in [1.165, 1.54) is 25.3 Å². The van der Waals surface area contributed by atoms with Crippen molar-refractivity contribution in [3.63, 3.8) is 0 Å². The largest absolute Gasteiger partial charge is 0.468 e. The van der Waals surface area contributed by atoms with Crippen LogP contribution in [0.1, 0.15) is 5.69 Å². The number of likely N-dealkylation sites (N-methyl/N-ethyl adjacent to an activating group) is 1. The molecule has 0 saturated heterocycles. The molecule has 15 heavy (non-hydrogen) atoms. The molecule has 6 heteroatoms. The number of carbonyl (C=O) groups is 1. The van der Waals surface area contributed by atoms with Crippen molar-refractivity contribution in [3.8, 4) is 0 Å². The highest BCUT2D eigenvalue weighted by Gasteiger charge is 2.14. The molecular formula is C9H12FN3O2. The Morgan fingerprint density at radius 1 is 1.60 bits per heavy atom. The van der Waals surface area contributed by atoms with E-state index in [0.29, 0.717) is 0 Å². The first-order chi connectivity index (χ1) is 7.06. The lowest BCUT2D eigenvalue weighted by molar-refractivity contribution is -0.138. The van der Waals surface area contributed by atoms with Crippen molar-refractivity contribution in [2.24, 2.45) is 0 Å². The lowest BCUT2D eigenvalue weighted by Gasteiger charge is -2.17. The third-order valence-corrected chi connectivity index (χ3v) is 1.90. The number of methoxy groups -OCH3 is 1. The molecule has 1 aromatic heterocycles. The van der Waals surface area contributed by atoms with Crippen LogP contribution in [0, 0.1) is 12.7 Å². The normalized spacial score (nSPS) is 9.87. The zero-order valence-electron chi connectivity index (χ0n) is 8.82. The van der Waals surface area contributed by atoms with Crippen LogP contribution < -0.4 is 4.90 Å². The van der Waals surface area contributed by atoms with Crippen LogP contribution in [0.2, 0.25) is 0 Å². The molecule has 0 radical (unpaired) electrons. The van der Waals surface area contributed by atoms with Gasteiger partial charge < -0.3 is 9.64 Å². The number of aromatic nitrogens is 2. The molecular weight excluding hydrogens is 201 g/mol. The number of ether oxygens (including phenoxy) is 1. The van der Waals surface area contributed by atoms with Crippen LogP contribution in [0.3, 0.4) is 0 Å². The van der Waals surface area contributed by atoms with E-state index >= 15 is 0 Å². The maximum Gasteiger partial charge on any atom is 0.325 e. The predicted molar refractivity (Wildman–Crippen MR) is 52.0 cm³/mol. The third kappa shape index (κ3) is 2.61. The fourth-order valence-corrected chi connectivity index (χ4v) is 1.04. The van der Waals surface area contributed by atoms with Gasteiger partial charge in [-0.2, -0.15) is 0 Å². The Bertz CT molecular complexity index is 370. The minimum absolute atomic E-state index is 0.0517. The minimum Gasteiger partial charge on any atom is -0.468 e. The summed E-state index contributed by atoms with van der Waals surface area (Å²) in [5, 5.41) is 0. The van der Waals surface area contributed by atoms with Crippen LogP contribution >= 0.6 is 0 Å². The Labute approximate surface area is 86.9 Å². The molecule has 1 rings (SSSR count). The Balaban J connectivity index is 2.86. The van der Waals surface area contributed by atoms with Crippen molar-refractivity contribution in [1.82, 2.24) is 9.97 Å². The molecule has 0 spiro atoms. The van der Waals surface area contributed by atoms with Crippen LogP contribution in [-0.4, -0.2) is 36.6 Å². The highest BCUT2D eigenvalue weighted by molar-refractivity contribution is 5.75. The molecule has 0 aromatic carbocycles. The average molecular weight is 213 g/mol. The highest BCUT2D eigenvalue weighted by atomic mass is 19.1. The molecule has 0 aliphatic carbocycles. The molecule has 0 unspecified atom stereocenters. The van der Waals surface area contributed by atoms with Gasteiger partial charge in [-0.3, -0.25) is 4.79 Å². The fraction of sp³-hybridized carbons (Fsp3) is 0.444. The summed E-state index contributed by atoms with van der Waals surface area (Å²) in [5.74, 6) is -0.884. The monoisotopic (exact) mass is 213 g/mol. The first-order valence-corrected chi connectivity index (χ1v) is 4.31. The summed E-state index contributed by atoms with van der Waals surface area (Å²) in [6, 6.07) is 0. The van der Waals surface area contributed by atoms with E-state index in [2.05, 4.69) is 14.7 Å². The van der Waals surface area contributed by atoms with Gasteiger partial charge in [0.1, 0.15) is 12.9 Å². The zero-order chi connectivity index (χ0) is 11.4. The Morgan fingerprint density at radius 2 is 2.27 bits per heavy atom. The van der Waals surface area contributed by atoms with Crippen LogP contribution in [0.25, 0.3) is 0 Å². The number of hydrogen-bond acceptors (Lipinski definition) is 5. The summed E-state index contributed by atoms with van der Waals surface area (Å²) in [5.41, 5.74) is 0.247. The summed E-state index contributed by atoms with van der Waals surface area (Å²) >= 11 is 0. The van der Waals surface area contributed by atoms with E-state index in [0.717, 1.165) is 0 Å². The maximum atomic E-state index is 13.5. The van der Waals surface area contributed by atoms with Crippen LogP contribution in [0.4, 0.5) is 10.2 Å². The quantitative estimate of drug-likeness (QED) is 0.686. The summed E-state index contributed by atoms with van der Waals surface area (Å²) < 4.78 is 18.0. The van der Waals surface area contributed by atoms with Gasteiger partial charge in [0.05, 0.1) is 12.8 Å². The topological polar surface area (TPSA) is 55.3 Å². The number of nitrogens with zero attached hydrogens (tertiary/aromatic N) is 3. The van der Waals surface area contributed by atoms with Crippen molar-refractivity contribution in [3.05, 3.63) is 17.8 Å². The second-order valence-corrected chi connectivity index (χ2v) is 3.03. The van der Waals surface area contributed by atoms with E-state index < -0.39 is 11.8 Å². The van der Waals surface area contributed by atoms with Gasteiger partial charge in [0.15, 0.2) is 11.6 Å². The number of anilines is 1. The van der Waals surface area contributed by atoms with Crippen LogP contribution in [-0.2, 0) is 9.53 Å². The number of hydrogen-bond donors (Lipinski definition) is 0. The lowest BCUT2D eigenvalue weighted by atomic mass is 10.4. The summed E-state index contributed by atoms with van der Waals surface area (Å²) in [6.45, 7) is 1.48. The average Bonchev–Trinajstić information content (AvgIpc) is 2.21. The highest BCUT2D eigenvalue weighted by Crippen LogP contribution is 2.15. The summed E-state index contributed by atoms with van der Waals surface area (Å²) in [4.78, 5) is 19.8. The predicted octanol–water partition coefficient (Wildman–Crippen LogP) is 0.533. The van der Waals surface area contributed by atoms with E-state index in [-0.39, 0.29) is 18.1 Å². The van der Waals surface area contributed by atoms with Gasteiger partial charge in [-0.1, -0.05) is 0 Å². The number of rotatable bonds is 3. The molecule has 0 amide bonds. The molecule has 0 saturated carbocycles. The summed E-state index contributed by atoms with van der Waals surface area (Å²) in [6.07, 6.45) is 1.25. The minimum atomic E-state index is -0.524. The molecule has 0 atom stereocenters. The van der Waals surface area contributed by atoms with Crippen molar-refractivity contribution in [1.29, 1.82) is 0 Å². The molecule has 1 heterocycles. The van der Waals surface area contributed by atoms with Gasteiger partial charge in [0, 0.05) is 7.05 Å². The molecule has 5 nitrogen and oxygen atoms in total. The number of halogens is 1. The van der Waals surface area contributed by atoms with Gasteiger partial charge in [-0.05, 0) is 6.92 Å². The molecule has 1 aromatic rings. The van der Waals surface area contributed by atoms with Crippen molar-refractivity contribution < 1.29 is 13.9 Å². The molecule has 0 bridgehead atoms. The van der Waals surface area contributed by atoms with Gasteiger partial charge in [-0.15, -0.1) is 0 Å². The fourth-order valence-electron chi connectivity index (χ4n) is 1.04. The van der Waals surface area contributed by atoms with E-state index in [9.17, 15) is 9.18 Å². The van der Waals surface area contributed by atoms with Crippen molar-refractivity contribution >= 4 is 11.8 Å². The third-order valence-electron chi connectivity index (χ3n) is 1.90. The Hall–Kier alpha value is -1.72. The number of aryl methyl sites for hydroxylation is 1. The van der Waals surface area contributed by atoms with E-state index in [1.807, 2.05) is 0 Å². The Kier molecular flexibility index (Phi) is 3.54. The van der Waals surface area contributed by atoms with Gasteiger partial charge in [-0.25, -0.2) is 14.4 Å². The smallest absolute Gasteiger partial charge is 0.325 e. The second kappa shape index (κ2) is 4.68. The van der Waals surface area contributed by atoms with E-state index in [1.54, 1.807) is 7.05 Å². The molecule has 82 valence electrons. The summed E-state index contributed by atoms with van der Waals surface area (Å²) in [7, 11) is 2.83. The van der Waals surface area contributed by atoms with Gasteiger partial charge in [0.2, 0.25) is 0 Å². The first kappa shape index (κ1) is 11.4. The van der Waals surface area contributed by atoms with Gasteiger partial charge >= 0.3 is 5.97 Å². The van der Waals surface area contributed by atoms with Crippen LogP contribution in [0.15, 0.2) is 6.33 Å². The van der Waals surface area contributed by atoms with E-state index in [4.69, 9.17) is 0 Å². The molecule has 0 fully saturated rings. The number of esters is 1. The number of carbonyl (C=O) groups excluding carboxylic acids is 1. The molecule has 0 aliphatic rings. The van der Waals surface area contributed by atoms with Crippen LogP contribution in [0.5, 0.6) is 0 Å².